The lowest BCUT2D eigenvalue weighted by Gasteiger charge is -2.26. The van der Waals surface area contributed by atoms with E-state index < -0.39 is 47.9 Å². The molecule has 1 aromatic carbocycles. The van der Waals surface area contributed by atoms with Gasteiger partial charge in [-0.1, -0.05) is 38.5 Å². The summed E-state index contributed by atoms with van der Waals surface area (Å²) in [4.78, 5) is 54.0. The third-order valence-electron chi connectivity index (χ3n) is 6.67. The number of aliphatic carboxylic acids is 1. The number of fused-ring (bicyclic) bond motifs is 1. The van der Waals surface area contributed by atoms with Crippen LogP contribution in [-0.2, 0) is 25.6 Å². The van der Waals surface area contributed by atoms with Crippen molar-refractivity contribution >= 4 is 47.2 Å². The van der Waals surface area contributed by atoms with E-state index in [4.69, 9.17) is 11.5 Å². The van der Waals surface area contributed by atoms with Gasteiger partial charge in [-0.2, -0.15) is 12.6 Å². The van der Waals surface area contributed by atoms with Crippen LogP contribution >= 0.6 is 12.6 Å². The average molecular weight is 549 g/mol. The van der Waals surface area contributed by atoms with Crippen molar-refractivity contribution in [3.05, 3.63) is 36.0 Å². The van der Waals surface area contributed by atoms with Crippen LogP contribution in [0.25, 0.3) is 10.9 Å². The van der Waals surface area contributed by atoms with Crippen LogP contribution in [0.3, 0.4) is 0 Å². The summed E-state index contributed by atoms with van der Waals surface area (Å²) in [5.41, 5.74) is 13.4. The molecule has 2 aromatic rings. The first-order valence-electron chi connectivity index (χ1n) is 12.9. The number of hydrogen-bond acceptors (Lipinski definition) is 7. The molecule has 210 valence electrons. The van der Waals surface area contributed by atoms with E-state index in [1.165, 1.54) is 0 Å². The van der Waals surface area contributed by atoms with E-state index in [1.807, 2.05) is 38.1 Å². The van der Waals surface area contributed by atoms with Crippen molar-refractivity contribution in [3.63, 3.8) is 0 Å². The second-order valence-corrected chi connectivity index (χ2v) is 9.83. The zero-order valence-corrected chi connectivity index (χ0v) is 22.8. The van der Waals surface area contributed by atoms with Crippen LogP contribution in [-0.4, -0.2) is 70.2 Å². The molecule has 0 aliphatic heterocycles. The van der Waals surface area contributed by atoms with Crippen LogP contribution < -0.4 is 27.4 Å². The molecule has 0 fully saturated rings. The zero-order valence-electron chi connectivity index (χ0n) is 21.9. The predicted octanol–water partition coefficient (Wildman–Crippen LogP) is 0.682. The van der Waals surface area contributed by atoms with E-state index in [-0.39, 0.29) is 24.5 Å². The predicted molar refractivity (Wildman–Crippen MR) is 150 cm³/mol. The van der Waals surface area contributed by atoms with Crippen molar-refractivity contribution < 1.29 is 24.3 Å². The van der Waals surface area contributed by atoms with Crippen molar-refractivity contribution in [1.82, 2.24) is 20.9 Å². The Kier molecular flexibility index (Phi) is 12.6. The second kappa shape index (κ2) is 15.4. The molecular formula is C26H40N6O5S. The summed E-state index contributed by atoms with van der Waals surface area (Å²) >= 11 is 3.98. The summed E-state index contributed by atoms with van der Waals surface area (Å²) in [6.07, 6.45) is 4.02. The van der Waals surface area contributed by atoms with Gasteiger partial charge in [0.1, 0.15) is 18.1 Å². The minimum Gasteiger partial charge on any atom is -0.480 e. The molecule has 5 atom stereocenters. The van der Waals surface area contributed by atoms with Gasteiger partial charge in [0.05, 0.1) is 6.04 Å². The molecule has 3 amide bonds. The number of carbonyl (C=O) groups is 4. The van der Waals surface area contributed by atoms with Crippen LogP contribution in [0.4, 0.5) is 0 Å². The lowest BCUT2D eigenvalue weighted by Crippen LogP contribution is -2.58. The lowest BCUT2D eigenvalue weighted by molar-refractivity contribution is -0.141. The number of amides is 3. The summed E-state index contributed by atoms with van der Waals surface area (Å²) in [6.45, 7) is 4.19. The third kappa shape index (κ3) is 8.74. The molecular weight excluding hydrogens is 508 g/mol. The highest BCUT2D eigenvalue weighted by atomic mass is 32.1. The van der Waals surface area contributed by atoms with Gasteiger partial charge in [0.25, 0.3) is 0 Å². The van der Waals surface area contributed by atoms with E-state index in [1.54, 1.807) is 6.20 Å². The number of nitrogens with one attached hydrogen (secondary N) is 4. The van der Waals surface area contributed by atoms with Crippen molar-refractivity contribution in [2.45, 2.75) is 70.1 Å². The standard InChI is InChI=1S/C26H40N6O5S/c1-3-15(2)22(28)25(35)31-20(12-16-13-29-18-9-5-4-8-17(16)18)24(34)30-19(10-6-7-11-27)23(33)32-21(14-38)26(36)37/h4-5,8-9,13,15,19-22,29,38H,3,6-7,10-12,14,27-28H2,1-2H3,(H,30,34)(H,31,35)(H,32,33)(H,36,37). The number of carboxylic acid groups (broad SMARTS) is 1. The number of H-pyrrole nitrogens is 1. The number of thiol groups is 1. The van der Waals surface area contributed by atoms with Crippen LogP contribution in [0.1, 0.15) is 45.1 Å². The van der Waals surface area contributed by atoms with E-state index in [0.717, 1.165) is 16.5 Å². The SMILES string of the molecule is CCC(C)C(N)C(=O)NC(Cc1c[nH]c2ccccc12)C(=O)NC(CCCCN)C(=O)NC(CS)C(=O)O. The van der Waals surface area contributed by atoms with Gasteiger partial charge in [0.2, 0.25) is 17.7 Å². The molecule has 1 heterocycles. The number of carbonyl (C=O) groups excluding carboxylic acids is 3. The van der Waals surface area contributed by atoms with Gasteiger partial charge < -0.3 is 37.5 Å². The Morgan fingerprint density at radius 1 is 1.00 bits per heavy atom. The Hall–Kier alpha value is -3.09. The van der Waals surface area contributed by atoms with Crippen molar-refractivity contribution in [3.8, 4) is 0 Å². The highest BCUT2D eigenvalue weighted by molar-refractivity contribution is 7.80. The number of unbranched alkanes of at least 4 members (excludes halogenated alkanes) is 1. The highest BCUT2D eigenvalue weighted by Gasteiger charge is 2.31. The first-order valence-corrected chi connectivity index (χ1v) is 13.5. The molecule has 0 aliphatic carbocycles. The summed E-state index contributed by atoms with van der Waals surface area (Å²) in [5, 5.41) is 18.1. The molecule has 0 saturated carbocycles. The van der Waals surface area contributed by atoms with E-state index in [2.05, 4.69) is 33.6 Å². The minimum absolute atomic E-state index is 0.101. The van der Waals surface area contributed by atoms with E-state index >= 15 is 0 Å². The van der Waals surface area contributed by atoms with Crippen LogP contribution in [0.15, 0.2) is 30.5 Å². The number of nitrogens with two attached hydrogens (primary N) is 2. The molecule has 0 bridgehead atoms. The number of rotatable bonds is 16. The number of aromatic nitrogens is 1. The smallest absolute Gasteiger partial charge is 0.327 e. The minimum atomic E-state index is -1.23. The number of carboxylic acids is 1. The fraction of sp³-hybridized carbons (Fsp3) is 0.538. The van der Waals surface area contributed by atoms with Crippen LogP contribution in [0.5, 0.6) is 0 Å². The Labute approximate surface area is 228 Å². The van der Waals surface area contributed by atoms with Gasteiger partial charge in [-0.25, -0.2) is 4.79 Å². The largest absolute Gasteiger partial charge is 0.480 e. The number of hydrogen-bond donors (Lipinski definition) is 8. The Morgan fingerprint density at radius 3 is 2.26 bits per heavy atom. The van der Waals surface area contributed by atoms with Crippen molar-refractivity contribution in [2.24, 2.45) is 17.4 Å². The maximum atomic E-state index is 13.5. The summed E-state index contributed by atoms with van der Waals surface area (Å²) in [6, 6.07) is 3.51. The Balaban J connectivity index is 2.30. The van der Waals surface area contributed by atoms with Gasteiger partial charge in [0.15, 0.2) is 0 Å². The monoisotopic (exact) mass is 548 g/mol. The van der Waals surface area contributed by atoms with Gasteiger partial charge >= 0.3 is 5.97 Å². The van der Waals surface area contributed by atoms with Crippen molar-refractivity contribution in [2.75, 3.05) is 12.3 Å². The zero-order chi connectivity index (χ0) is 28.2. The number of aromatic amines is 1. The molecule has 9 N–H and O–H groups in total. The molecule has 0 radical (unpaired) electrons. The van der Waals surface area contributed by atoms with E-state index in [9.17, 15) is 24.3 Å². The fourth-order valence-electron chi connectivity index (χ4n) is 4.00. The number of benzene rings is 1. The summed E-state index contributed by atoms with van der Waals surface area (Å²) in [7, 11) is 0. The normalized spacial score (nSPS) is 15.2. The molecule has 0 saturated heterocycles. The quantitative estimate of drug-likeness (QED) is 0.112. The molecule has 2 rings (SSSR count). The van der Waals surface area contributed by atoms with Gasteiger partial charge in [0, 0.05) is 29.3 Å². The molecule has 0 spiro atoms. The maximum Gasteiger partial charge on any atom is 0.327 e. The summed E-state index contributed by atoms with van der Waals surface area (Å²) < 4.78 is 0. The molecule has 1 aromatic heterocycles. The third-order valence-corrected chi connectivity index (χ3v) is 7.03. The molecule has 0 aliphatic rings. The summed E-state index contributed by atoms with van der Waals surface area (Å²) in [5.74, 6) is -3.14. The fourth-order valence-corrected chi connectivity index (χ4v) is 4.25. The molecule has 11 nitrogen and oxygen atoms in total. The maximum absolute atomic E-state index is 13.5. The van der Waals surface area contributed by atoms with Crippen molar-refractivity contribution in [1.29, 1.82) is 0 Å². The van der Waals surface area contributed by atoms with E-state index in [0.29, 0.717) is 25.8 Å². The van der Waals surface area contributed by atoms with Gasteiger partial charge in [-0.15, -0.1) is 0 Å². The lowest BCUT2D eigenvalue weighted by atomic mass is 9.98. The molecule has 5 unspecified atom stereocenters. The van der Waals surface area contributed by atoms with Crippen LogP contribution in [0, 0.1) is 5.92 Å². The number of para-hydroxylation sites is 1. The Bertz CT molecular complexity index is 1090. The average Bonchev–Trinajstić information content (AvgIpc) is 3.32. The van der Waals surface area contributed by atoms with Crippen LogP contribution in [0.2, 0.25) is 0 Å². The highest BCUT2D eigenvalue weighted by Crippen LogP contribution is 2.19. The Morgan fingerprint density at radius 2 is 1.63 bits per heavy atom. The second-order valence-electron chi connectivity index (χ2n) is 9.46. The topological polar surface area (TPSA) is 192 Å². The molecule has 12 heteroatoms. The van der Waals surface area contributed by atoms with Gasteiger partial charge in [-0.3, -0.25) is 14.4 Å². The first-order chi connectivity index (χ1) is 18.1. The van der Waals surface area contributed by atoms with Gasteiger partial charge in [-0.05, 0) is 43.4 Å². The molecule has 38 heavy (non-hydrogen) atoms. The first kappa shape index (κ1) is 31.1.